The van der Waals surface area contributed by atoms with Crippen LogP contribution in [0.3, 0.4) is 0 Å². The van der Waals surface area contributed by atoms with E-state index in [0.717, 1.165) is 17.2 Å². The fourth-order valence-corrected chi connectivity index (χ4v) is 2.28. The van der Waals surface area contributed by atoms with Crippen LogP contribution in [0.4, 0.5) is 0 Å². The SMILES string of the molecule is COc1ccccc1OCCOc1cc(C)ccc1C(C)C. The number of para-hydroxylation sites is 2. The molecule has 0 N–H and O–H groups in total. The van der Waals surface area contributed by atoms with Crippen LogP contribution in [0.2, 0.25) is 0 Å². The van der Waals surface area contributed by atoms with E-state index >= 15 is 0 Å². The second kappa shape index (κ2) is 7.74. The maximum atomic E-state index is 5.91. The van der Waals surface area contributed by atoms with Crippen LogP contribution in [0.1, 0.15) is 30.9 Å². The lowest BCUT2D eigenvalue weighted by molar-refractivity contribution is 0.210. The Kier molecular flexibility index (Phi) is 5.70. The molecule has 0 amide bonds. The van der Waals surface area contributed by atoms with Gasteiger partial charge in [0.2, 0.25) is 0 Å². The number of benzene rings is 2. The van der Waals surface area contributed by atoms with E-state index in [1.165, 1.54) is 11.1 Å². The third kappa shape index (κ3) is 4.17. The highest BCUT2D eigenvalue weighted by molar-refractivity contribution is 5.40. The highest BCUT2D eigenvalue weighted by Crippen LogP contribution is 2.28. The summed E-state index contributed by atoms with van der Waals surface area (Å²) in [6.45, 7) is 7.39. The molecule has 0 aromatic heterocycles. The molecule has 22 heavy (non-hydrogen) atoms. The molecule has 2 rings (SSSR count). The minimum Gasteiger partial charge on any atom is -0.493 e. The number of rotatable bonds is 7. The van der Waals surface area contributed by atoms with Gasteiger partial charge >= 0.3 is 0 Å². The molecule has 2 aromatic rings. The molecule has 0 radical (unpaired) electrons. The zero-order chi connectivity index (χ0) is 15.9. The Hall–Kier alpha value is -2.16. The Balaban J connectivity index is 1.93. The summed E-state index contributed by atoms with van der Waals surface area (Å²) in [6, 6.07) is 14.0. The van der Waals surface area contributed by atoms with Gasteiger partial charge in [0.05, 0.1) is 7.11 Å². The molecule has 0 aliphatic rings. The molecule has 2 aromatic carbocycles. The number of methoxy groups -OCH3 is 1. The van der Waals surface area contributed by atoms with Gasteiger partial charge in [-0.05, 0) is 42.2 Å². The largest absolute Gasteiger partial charge is 0.493 e. The Bertz CT molecular complexity index is 605. The van der Waals surface area contributed by atoms with Gasteiger partial charge in [0.15, 0.2) is 11.5 Å². The average Bonchev–Trinajstić information content (AvgIpc) is 2.51. The molecule has 0 unspecified atom stereocenters. The number of aryl methyl sites for hydroxylation is 1. The smallest absolute Gasteiger partial charge is 0.161 e. The van der Waals surface area contributed by atoms with Crippen LogP contribution in [-0.4, -0.2) is 20.3 Å². The first kappa shape index (κ1) is 16.2. The van der Waals surface area contributed by atoms with E-state index in [1.54, 1.807) is 7.11 Å². The number of hydrogen-bond acceptors (Lipinski definition) is 3. The third-order valence-electron chi connectivity index (χ3n) is 3.46. The van der Waals surface area contributed by atoms with Crippen molar-refractivity contribution in [1.29, 1.82) is 0 Å². The van der Waals surface area contributed by atoms with Crippen molar-refractivity contribution in [2.75, 3.05) is 20.3 Å². The summed E-state index contributed by atoms with van der Waals surface area (Å²) in [5, 5.41) is 0. The Labute approximate surface area is 132 Å². The summed E-state index contributed by atoms with van der Waals surface area (Å²) in [4.78, 5) is 0. The molecule has 0 heterocycles. The van der Waals surface area contributed by atoms with Crippen LogP contribution in [0.15, 0.2) is 42.5 Å². The molecular weight excluding hydrogens is 276 g/mol. The predicted octanol–water partition coefficient (Wildman–Crippen LogP) is 4.58. The van der Waals surface area contributed by atoms with Gasteiger partial charge in [0.25, 0.3) is 0 Å². The predicted molar refractivity (Wildman–Crippen MR) is 89.3 cm³/mol. The van der Waals surface area contributed by atoms with Crippen LogP contribution in [0.25, 0.3) is 0 Å². The lowest BCUT2D eigenvalue weighted by Gasteiger charge is -2.15. The van der Waals surface area contributed by atoms with E-state index in [-0.39, 0.29) is 0 Å². The first-order chi connectivity index (χ1) is 10.6. The van der Waals surface area contributed by atoms with Crippen LogP contribution in [0.5, 0.6) is 17.2 Å². The average molecular weight is 300 g/mol. The Morgan fingerprint density at radius 3 is 2.14 bits per heavy atom. The second-order valence-corrected chi connectivity index (χ2v) is 5.54. The van der Waals surface area contributed by atoms with E-state index in [0.29, 0.717) is 19.1 Å². The van der Waals surface area contributed by atoms with Crippen LogP contribution in [-0.2, 0) is 0 Å². The summed E-state index contributed by atoms with van der Waals surface area (Å²) in [7, 11) is 1.64. The molecular formula is C19H24O3. The second-order valence-electron chi connectivity index (χ2n) is 5.54. The van der Waals surface area contributed by atoms with Gasteiger partial charge in [-0.25, -0.2) is 0 Å². The molecule has 0 saturated carbocycles. The summed E-state index contributed by atoms with van der Waals surface area (Å²) in [6.07, 6.45) is 0. The molecule has 0 bridgehead atoms. The Morgan fingerprint density at radius 1 is 0.864 bits per heavy atom. The van der Waals surface area contributed by atoms with Gasteiger partial charge in [-0.3, -0.25) is 0 Å². The topological polar surface area (TPSA) is 27.7 Å². The van der Waals surface area contributed by atoms with Gasteiger partial charge in [0.1, 0.15) is 19.0 Å². The maximum absolute atomic E-state index is 5.91. The minimum absolute atomic E-state index is 0.436. The zero-order valence-corrected chi connectivity index (χ0v) is 13.8. The molecule has 3 heteroatoms. The monoisotopic (exact) mass is 300 g/mol. The van der Waals surface area contributed by atoms with Crippen LogP contribution < -0.4 is 14.2 Å². The van der Waals surface area contributed by atoms with Gasteiger partial charge < -0.3 is 14.2 Å². The quantitative estimate of drug-likeness (QED) is 0.700. The summed E-state index contributed by atoms with van der Waals surface area (Å²) in [5.74, 6) is 2.85. The highest BCUT2D eigenvalue weighted by Gasteiger charge is 2.08. The standard InChI is InChI=1S/C19H24O3/c1-14(2)16-10-9-15(3)13-19(16)22-12-11-21-18-8-6-5-7-17(18)20-4/h5-10,13-14H,11-12H2,1-4H3. The van der Waals surface area contributed by atoms with Crippen LogP contribution in [0, 0.1) is 6.92 Å². The fourth-order valence-electron chi connectivity index (χ4n) is 2.28. The van der Waals surface area contributed by atoms with Crippen molar-refractivity contribution in [2.24, 2.45) is 0 Å². The van der Waals surface area contributed by atoms with E-state index in [4.69, 9.17) is 14.2 Å². The van der Waals surface area contributed by atoms with Crippen molar-refractivity contribution in [3.8, 4) is 17.2 Å². The molecule has 3 nitrogen and oxygen atoms in total. The van der Waals surface area contributed by atoms with Crippen molar-refractivity contribution in [1.82, 2.24) is 0 Å². The molecule has 0 aliphatic heterocycles. The molecule has 0 atom stereocenters. The molecule has 118 valence electrons. The molecule has 0 fully saturated rings. The van der Waals surface area contributed by atoms with Gasteiger partial charge in [-0.1, -0.05) is 38.1 Å². The van der Waals surface area contributed by atoms with Crippen molar-refractivity contribution >= 4 is 0 Å². The van der Waals surface area contributed by atoms with Crippen molar-refractivity contribution in [3.63, 3.8) is 0 Å². The lowest BCUT2D eigenvalue weighted by Crippen LogP contribution is -2.11. The maximum Gasteiger partial charge on any atom is 0.161 e. The normalized spacial score (nSPS) is 10.6. The molecule has 0 aliphatic carbocycles. The van der Waals surface area contributed by atoms with E-state index < -0.39 is 0 Å². The highest BCUT2D eigenvalue weighted by atomic mass is 16.5. The van der Waals surface area contributed by atoms with E-state index in [1.807, 2.05) is 24.3 Å². The van der Waals surface area contributed by atoms with Crippen LogP contribution >= 0.6 is 0 Å². The number of hydrogen-bond donors (Lipinski definition) is 0. The first-order valence-corrected chi connectivity index (χ1v) is 7.61. The summed E-state index contributed by atoms with van der Waals surface area (Å²) >= 11 is 0. The number of ether oxygens (including phenoxy) is 3. The molecule has 0 saturated heterocycles. The Morgan fingerprint density at radius 2 is 1.50 bits per heavy atom. The summed E-state index contributed by atoms with van der Waals surface area (Å²) < 4.78 is 16.9. The van der Waals surface area contributed by atoms with Gasteiger partial charge in [0, 0.05) is 0 Å². The van der Waals surface area contributed by atoms with Gasteiger partial charge in [-0.2, -0.15) is 0 Å². The van der Waals surface area contributed by atoms with Crippen molar-refractivity contribution in [3.05, 3.63) is 53.6 Å². The van der Waals surface area contributed by atoms with Crippen molar-refractivity contribution in [2.45, 2.75) is 26.7 Å². The first-order valence-electron chi connectivity index (χ1n) is 7.61. The fraction of sp³-hybridized carbons (Fsp3) is 0.368. The summed E-state index contributed by atoms with van der Waals surface area (Å²) in [5.41, 5.74) is 2.42. The van der Waals surface area contributed by atoms with Crippen molar-refractivity contribution < 1.29 is 14.2 Å². The molecule has 0 spiro atoms. The lowest BCUT2D eigenvalue weighted by atomic mass is 10.0. The van der Waals surface area contributed by atoms with E-state index in [9.17, 15) is 0 Å². The third-order valence-corrected chi connectivity index (χ3v) is 3.46. The van der Waals surface area contributed by atoms with Gasteiger partial charge in [-0.15, -0.1) is 0 Å². The minimum atomic E-state index is 0.436. The van der Waals surface area contributed by atoms with E-state index in [2.05, 4.69) is 39.0 Å². The zero-order valence-electron chi connectivity index (χ0n) is 13.8.